The van der Waals surface area contributed by atoms with E-state index in [-0.39, 0.29) is 6.54 Å². The standard InChI is InChI=1S/C24H32N2O2/c1-3-4-5-7-10-18-13-14-22-21(15-18)20(19-11-8-6-9-12-19)16-23(25-22)26(2)17-24(27)28/h6,8-9,11-12,16,18H,3-5,7,10,13-15,17H2,1-2H3,(H,27,28). The van der Waals surface area contributed by atoms with Gasteiger partial charge in [0.25, 0.3) is 0 Å². The van der Waals surface area contributed by atoms with Gasteiger partial charge in [-0.05, 0) is 47.9 Å². The Morgan fingerprint density at radius 1 is 1.21 bits per heavy atom. The third-order valence-electron chi connectivity index (χ3n) is 5.79. The second kappa shape index (κ2) is 9.72. The number of likely N-dealkylation sites (N-methyl/N-ethyl adjacent to an activating group) is 1. The van der Waals surface area contributed by atoms with Crippen LogP contribution in [0.4, 0.5) is 5.82 Å². The molecule has 0 radical (unpaired) electrons. The van der Waals surface area contributed by atoms with E-state index >= 15 is 0 Å². The molecule has 1 aromatic carbocycles. The largest absolute Gasteiger partial charge is 0.480 e. The van der Waals surface area contributed by atoms with E-state index in [1.165, 1.54) is 55.2 Å². The van der Waals surface area contributed by atoms with Crippen molar-refractivity contribution in [3.63, 3.8) is 0 Å². The molecular formula is C24H32N2O2. The lowest BCUT2D eigenvalue weighted by molar-refractivity contribution is -0.135. The van der Waals surface area contributed by atoms with Crippen LogP contribution in [0.2, 0.25) is 0 Å². The lowest BCUT2D eigenvalue weighted by Crippen LogP contribution is -2.27. The lowest BCUT2D eigenvalue weighted by atomic mass is 9.80. The maximum Gasteiger partial charge on any atom is 0.323 e. The van der Waals surface area contributed by atoms with Crippen LogP contribution >= 0.6 is 0 Å². The van der Waals surface area contributed by atoms with Crippen LogP contribution in [0.25, 0.3) is 11.1 Å². The summed E-state index contributed by atoms with van der Waals surface area (Å²) in [4.78, 5) is 17.7. The summed E-state index contributed by atoms with van der Waals surface area (Å²) < 4.78 is 0. The first-order valence-electron chi connectivity index (χ1n) is 10.6. The Morgan fingerprint density at radius 2 is 2.00 bits per heavy atom. The smallest absolute Gasteiger partial charge is 0.323 e. The van der Waals surface area contributed by atoms with E-state index in [1.54, 1.807) is 11.9 Å². The minimum atomic E-state index is -0.838. The average Bonchev–Trinajstić information content (AvgIpc) is 2.70. The molecule has 4 heteroatoms. The molecule has 3 rings (SSSR count). The van der Waals surface area contributed by atoms with Gasteiger partial charge in [0.1, 0.15) is 12.4 Å². The normalized spacial score (nSPS) is 15.9. The minimum absolute atomic E-state index is 0.0416. The Hall–Kier alpha value is -2.36. The molecule has 1 aliphatic rings. The fourth-order valence-electron chi connectivity index (χ4n) is 4.24. The van der Waals surface area contributed by atoms with E-state index in [0.717, 1.165) is 30.3 Å². The van der Waals surface area contributed by atoms with Crippen molar-refractivity contribution >= 4 is 11.8 Å². The number of carboxylic acids is 1. The highest BCUT2D eigenvalue weighted by atomic mass is 16.4. The quantitative estimate of drug-likeness (QED) is 0.596. The molecule has 0 saturated heterocycles. The van der Waals surface area contributed by atoms with E-state index in [4.69, 9.17) is 10.1 Å². The first kappa shape index (κ1) is 20.4. The van der Waals surface area contributed by atoms with Crippen LogP contribution in [0.15, 0.2) is 36.4 Å². The average molecular weight is 381 g/mol. The molecule has 2 aromatic rings. The number of aliphatic carboxylic acids is 1. The van der Waals surface area contributed by atoms with Gasteiger partial charge in [0.15, 0.2) is 0 Å². The number of benzene rings is 1. The zero-order valence-corrected chi connectivity index (χ0v) is 17.2. The summed E-state index contributed by atoms with van der Waals surface area (Å²) in [6.07, 6.45) is 9.83. The minimum Gasteiger partial charge on any atom is -0.480 e. The van der Waals surface area contributed by atoms with Gasteiger partial charge in [-0.1, -0.05) is 69.4 Å². The zero-order chi connectivity index (χ0) is 19.9. The van der Waals surface area contributed by atoms with Crippen LogP contribution in [0.5, 0.6) is 0 Å². The summed E-state index contributed by atoms with van der Waals surface area (Å²) in [6.45, 7) is 2.22. The number of pyridine rings is 1. The van der Waals surface area contributed by atoms with Gasteiger partial charge in [0, 0.05) is 12.7 Å². The molecule has 1 N–H and O–H groups in total. The van der Waals surface area contributed by atoms with E-state index in [1.807, 2.05) is 6.07 Å². The number of aryl methyl sites for hydroxylation is 1. The van der Waals surface area contributed by atoms with Crippen LogP contribution in [-0.2, 0) is 17.6 Å². The van der Waals surface area contributed by atoms with Crippen molar-refractivity contribution in [3.8, 4) is 11.1 Å². The number of rotatable bonds is 9. The van der Waals surface area contributed by atoms with Crippen molar-refractivity contribution in [1.82, 2.24) is 4.98 Å². The van der Waals surface area contributed by atoms with Gasteiger partial charge in [0.2, 0.25) is 0 Å². The van der Waals surface area contributed by atoms with Crippen LogP contribution in [0, 0.1) is 5.92 Å². The molecule has 0 bridgehead atoms. The Labute approximate surface area is 168 Å². The SMILES string of the molecule is CCCCCCC1CCc2nc(N(C)CC(=O)O)cc(-c3ccccc3)c2C1. The van der Waals surface area contributed by atoms with Gasteiger partial charge >= 0.3 is 5.97 Å². The molecule has 1 heterocycles. The number of carbonyl (C=O) groups is 1. The first-order valence-corrected chi connectivity index (χ1v) is 10.6. The summed E-state index contributed by atoms with van der Waals surface area (Å²) in [7, 11) is 1.80. The van der Waals surface area contributed by atoms with Crippen molar-refractivity contribution in [1.29, 1.82) is 0 Å². The number of hydrogen-bond donors (Lipinski definition) is 1. The topological polar surface area (TPSA) is 53.4 Å². The highest BCUT2D eigenvalue weighted by Gasteiger charge is 2.24. The molecular weight excluding hydrogens is 348 g/mol. The Bertz CT molecular complexity index is 789. The number of hydrogen-bond acceptors (Lipinski definition) is 3. The number of anilines is 1. The summed E-state index contributed by atoms with van der Waals surface area (Å²) >= 11 is 0. The summed E-state index contributed by atoms with van der Waals surface area (Å²) in [5.41, 5.74) is 4.93. The van der Waals surface area contributed by atoms with E-state index in [2.05, 4.69) is 37.3 Å². The number of aromatic nitrogens is 1. The Kier molecular flexibility index (Phi) is 7.07. The number of fused-ring (bicyclic) bond motifs is 1. The summed E-state index contributed by atoms with van der Waals surface area (Å²) in [5.74, 6) is 0.646. The fourth-order valence-corrected chi connectivity index (χ4v) is 4.24. The molecule has 0 saturated carbocycles. The summed E-state index contributed by atoms with van der Waals surface area (Å²) in [6, 6.07) is 12.5. The molecule has 0 amide bonds. The van der Waals surface area contributed by atoms with E-state index in [0.29, 0.717) is 0 Å². The Balaban J connectivity index is 1.89. The molecule has 1 aromatic heterocycles. The van der Waals surface area contributed by atoms with Gasteiger partial charge in [0.05, 0.1) is 0 Å². The zero-order valence-electron chi connectivity index (χ0n) is 17.2. The highest BCUT2D eigenvalue weighted by molar-refractivity contribution is 5.76. The van der Waals surface area contributed by atoms with Crippen molar-refractivity contribution in [3.05, 3.63) is 47.7 Å². The second-order valence-electron chi connectivity index (χ2n) is 8.03. The third-order valence-corrected chi connectivity index (χ3v) is 5.79. The van der Waals surface area contributed by atoms with Crippen LogP contribution in [0.1, 0.15) is 56.7 Å². The number of carboxylic acid groups (broad SMARTS) is 1. The van der Waals surface area contributed by atoms with Gasteiger partial charge < -0.3 is 10.0 Å². The monoisotopic (exact) mass is 380 g/mol. The molecule has 4 nitrogen and oxygen atoms in total. The Morgan fingerprint density at radius 3 is 2.71 bits per heavy atom. The maximum atomic E-state index is 11.1. The molecule has 1 aliphatic carbocycles. The van der Waals surface area contributed by atoms with Gasteiger partial charge in [-0.15, -0.1) is 0 Å². The molecule has 1 atom stereocenters. The highest BCUT2D eigenvalue weighted by Crippen LogP contribution is 2.36. The molecule has 150 valence electrons. The lowest BCUT2D eigenvalue weighted by Gasteiger charge is -2.28. The van der Waals surface area contributed by atoms with Crippen molar-refractivity contribution in [2.75, 3.05) is 18.5 Å². The van der Waals surface area contributed by atoms with Crippen molar-refractivity contribution < 1.29 is 9.90 Å². The molecule has 28 heavy (non-hydrogen) atoms. The fraction of sp³-hybridized carbons (Fsp3) is 0.500. The van der Waals surface area contributed by atoms with Gasteiger partial charge in [-0.25, -0.2) is 4.98 Å². The van der Waals surface area contributed by atoms with E-state index in [9.17, 15) is 4.79 Å². The second-order valence-corrected chi connectivity index (χ2v) is 8.03. The molecule has 0 fully saturated rings. The summed E-state index contributed by atoms with van der Waals surface area (Å²) in [5, 5.41) is 9.16. The van der Waals surface area contributed by atoms with Crippen LogP contribution < -0.4 is 4.90 Å². The third kappa shape index (κ3) is 5.12. The molecule has 1 unspecified atom stereocenters. The first-order chi connectivity index (χ1) is 13.6. The van der Waals surface area contributed by atoms with Crippen LogP contribution in [0.3, 0.4) is 0 Å². The predicted molar refractivity (Wildman–Crippen MR) is 115 cm³/mol. The maximum absolute atomic E-state index is 11.1. The van der Waals surface area contributed by atoms with Crippen molar-refractivity contribution in [2.45, 2.75) is 58.3 Å². The molecule has 0 spiro atoms. The van der Waals surface area contributed by atoms with Gasteiger partial charge in [-0.3, -0.25) is 4.79 Å². The number of unbranched alkanes of at least 4 members (excludes halogenated alkanes) is 3. The van der Waals surface area contributed by atoms with Crippen LogP contribution in [-0.4, -0.2) is 29.7 Å². The predicted octanol–water partition coefficient (Wildman–Crippen LogP) is 5.34. The van der Waals surface area contributed by atoms with E-state index < -0.39 is 5.97 Å². The molecule has 0 aliphatic heterocycles. The van der Waals surface area contributed by atoms with Gasteiger partial charge in [-0.2, -0.15) is 0 Å². The van der Waals surface area contributed by atoms with Crippen molar-refractivity contribution in [2.24, 2.45) is 5.92 Å². The number of nitrogens with zero attached hydrogens (tertiary/aromatic N) is 2.